The summed E-state index contributed by atoms with van der Waals surface area (Å²) in [5.41, 5.74) is 5.97. The van der Waals surface area contributed by atoms with Crippen LogP contribution in [0.15, 0.2) is 11.6 Å². The molecule has 0 unspecified atom stereocenters. The van der Waals surface area contributed by atoms with Gasteiger partial charge < -0.3 is 10.5 Å². The lowest BCUT2D eigenvalue weighted by atomic mass is 10.2. The van der Waals surface area contributed by atoms with Crippen LogP contribution in [-0.2, 0) is 14.3 Å². The molecule has 2 N–H and O–H groups in total. The normalized spacial score (nSPS) is 11.7. The van der Waals surface area contributed by atoms with Crippen LogP contribution in [-0.4, -0.2) is 23.9 Å². The zero-order valence-corrected chi connectivity index (χ0v) is 11.0. The summed E-state index contributed by atoms with van der Waals surface area (Å²) >= 11 is 0. The van der Waals surface area contributed by atoms with Crippen molar-refractivity contribution in [1.82, 2.24) is 0 Å². The Bertz CT molecular complexity index is 245. The fourth-order valence-electron chi connectivity index (χ4n) is 0.560. The molecule has 0 spiro atoms. The van der Waals surface area contributed by atoms with E-state index < -0.39 is 0 Å². The van der Waals surface area contributed by atoms with Crippen LogP contribution in [0.5, 0.6) is 0 Å². The third-order valence-electron chi connectivity index (χ3n) is 1.28. The average molecular weight is 229 g/mol. The molecule has 0 amide bonds. The predicted molar refractivity (Wildman–Crippen MR) is 65.0 cm³/mol. The number of hydrogen-bond acceptors (Lipinski definition) is 4. The maximum atomic E-state index is 10.8. The zero-order valence-electron chi connectivity index (χ0n) is 11.0. The maximum Gasteiger partial charge on any atom is 0.293 e. The van der Waals surface area contributed by atoms with Crippen molar-refractivity contribution in [3.05, 3.63) is 11.6 Å². The minimum Gasteiger partial charge on any atom is -0.462 e. The van der Waals surface area contributed by atoms with Crippen LogP contribution in [0.3, 0.4) is 0 Å². The van der Waals surface area contributed by atoms with Crippen LogP contribution in [0.1, 0.15) is 41.5 Å². The molecule has 0 aromatic rings. The number of rotatable bonds is 3. The second kappa shape index (κ2) is 8.05. The van der Waals surface area contributed by atoms with Gasteiger partial charge in [0.05, 0.1) is 6.04 Å². The fraction of sp³-hybridized carbons (Fsp3) is 0.667. The zero-order chi connectivity index (χ0) is 13.4. The highest BCUT2D eigenvalue weighted by molar-refractivity contribution is 5.94. The standard InChI is InChI=1S/C7H13NO.C5H10O2/c1-5(2)4-7(9)6(3)8;1-5(2,3)7-4-6/h4,6H,8H2,1-3H3;4H,1-3H3/t6-;/m0./s1. The summed E-state index contributed by atoms with van der Waals surface area (Å²) in [6.07, 6.45) is 1.56. The SMILES string of the molecule is CC(C)(C)OC=O.CC(C)=CC(=O)[C@H](C)N. The molecule has 0 aliphatic heterocycles. The molecule has 4 nitrogen and oxygen atoms in total. The molecule has 0 rings (SSSR count). The van der Waals surface area contributed by atoms with Gasteiger partial charge in [-0.25, -0.2) is 0 Å². The first-order valence-electron chi connectivity index (χ1n) is 5.16. The van der Waals surface area contributed by atoms with Gasteiger partial charge in [0.2, 0.25) is 0 Å². The van der Waals surface area contributed by atoms with Gasteiger partial charge in [-0.3, -0.25) is 9.59 Å². The topological polar surface area (TPSA) is 69.4 Å². The minimum atomic E-state index is -0.361. The van der Waals surface area contributed by atoms with Gasteiger partial charge in [-0.05, 0) is 47.6 Å². The first-order valence-corrected chi connectivity index (χ1v) is 5.16. The van der Waals surface area contributed by atoms with Crippen LogP contribution in [0, 0.1) is 0 Å². The summed E-state index contributed by atoms with van der Waals surface area (Å²) in [5, 5.41) is 0. The van der Waals surface area contributed by atoms with Crippen LogP contribution in [0.4, 0.5) is 0 Å². The van der Waals surface area contributed by atoms with Crippen molar-refractivity contribution < 1.29 is 14.3 Å². The molecule has 1 atom stereocenters. The monoisotopic (exact) mass is 229 g/mol. The van der Waals surface area contributed by atoms with Crippen molar-refractivity contribution in [2.24, 2.45) is 5.73 Å². The Kier molecular flexibility index (Phi) is 8.67. The van der Waals surface area contributed by atoms with Crippen LogP contribution >= 0.6 is 0 Å². The molecule has 0 saturated heterocycles. The number of carbonyl (C=O) groups excluding carboxylic acids is 2. The number of nitrogens with two attached hydrogens (primary N) is 1. The van der Waals surface area contributed by atoms with Gasteiger partial charge >= 0.3 is 0 Å². The van der Waals surface area contributed by atoms with E-state index in [1.54, 1.807) is 13.0 Å². The quantitative estimate of drug-likeness (QED) is 0.592. The van der Waals surface area contributed by atoms with Crippen molar-refractivity contribution in [2.75, 3.05) is 0 Å². The Morgan fingerprint density at radius 1 is 1.31 bits per heavy atom. The van der Waals surface area contributed by atoms with E-state index in [0.717, 1.165) is 5.57 Å². The van der Waals surface area contributed by atoms with Gasteiger partial charge in [-0.2, -0.15) is 0 Å². The summed E-state index contributed by atoms with van der Waals surface area (Å²) in [4.78, 5) is 20.4. The van der Waals surface area contributed by atoms with Gasteiger partial charge in [0.25, 0.3) is 6.47 Å². The molecule has 16 heavy (non-hydrogen) atoms. The second-order valence-corrected chi connectivity index (χ2v) is 4.74. The minimum absolute atomic E-state index is 0.00463. The number of ether oxygens (including phenoxy) is 1. The first kappa shape index (κ1) is 17.2. The van der Waals surface area contributed by atoms with E-state index in [1.165, 1.54) is 0 Å². The molecule has 4 heteroatoms. The molecule has 0 aromatic heterocycles. The lowest BCUT2D eigenvalue weighted by Crippen LogP contribution is -2.24. The highest BCUT2D eigenvalue weighted by atomic mass is 16.5. The molecule has 0 aliphatic rings. The lowest BCUT2D eigenvalue weighted by Gasteiger charge is -2.14. The van der Waals surface area contributed by atoms with Gasteiger partial charge in [0, 0.05) is 0 Å². The van der Waals surface area contributed by atoms with Crippen LogP contribution in [0.2, 0.25) is 0 Å². The smallest absolute Gasteiger partial charge is 0.293 e. The van der Waals surface area contributed by atoms with Gasteiger partial charge in [0.1, 0.15) is 5.60 Å². The number of hydrogen-bond donors (Lipinski definition) is 1. The highest BCUT2D eigenvalue weighted by Gasteiger charge is 2.07. The van der Waals surface area contributed by atoms with Crippen LogP contribution in [0.25, 0.3) is 0 Å². The largest absolute Gasteiger partial charge is 0.462 e. The average Bonchev–Trinajstić information content (AvgIpc) is 2.01. The molecule has 0 bridgehead atoms. The number of ketones is 1. The van der Waals surface area contributed by atoms with E-state index in [1.807, 2.05) is 34.6 Å². The summed E-state index contributed by atoms with van der Waals surface area (Å²) < 4.78 is 4.55. The lowest BCUT2D eigenvalue weighted by molar-refractivity contribution is -0.138. The summed E-state index contributed by atoms with van der Waals surface area (Å²) in [6.45, 7) is 11.4. The van der Waals surface area contributed by atoms with E-state index in [9.17, 15) is 9.59 Å². The summed E-state index contributed by atoms with van der Waals surface area (Å²) in [7, 11) is 0. The van der Waals surface area contributed by atoms with E-state index in [0.29, 0.717) is 6.47 Å². The van der Waals surface area contributed by atoms with E-state index in [2.05, 4.69) is 4.74 Å². The Morgan fingerprint density at radius 2 is 1.75 bits per heavy atom. The number of allylic oxidation sites excluding steroid dienone is 1. The predicted octanol–water partition coefficient (Wildman–Crippen LogP) is 1.83. The van der Waals surface area contributed by atoms with Crippen molar-refractivity contribution in [3.8, 4) is 0 Å². The number of carbonyl (C=O) groups is 2. The molecular weight excluding hydrogens is 206 g/mol. The Balaban J connectivity index is 0. The Hall–Kier alpha value is -1.16. The highest BCUT2D eigenvalue weighted by Crippen LogP contribution is 2.02. The molecule has 0 fully saturated rings. The Morgan fingerprint density at radius 3 is 1.81 bits per heavy atom. The van der Waals surface area contributed by atoms with Crippen molar-refractivity contribution in [1.29, 1.82) is 0 Å². The van der Waals surface area contributed by atoms with E-state index in [-0.39, 0.29) is 17.4 Å². The van der Waals surface area contributed by atoms with Crippen molar-refractivity contribution in [3.63, 3.8) is 0 Å². The molecule has 0 heterocycles. The molecule has 94 valence electrons. The summed E-state index contributed by atoms with van der Waals surface area (Å²) in [6, 6.07) is -0.361. The molecular formula is C12H23NO3. The van der Waals surface area contributed by atoms with E-state index in [4.69, 9.17) is 5.73 Å². The van der Waals surface area contributed by atoms with Gasteiger partial charge in [-0.1, -0.05) is 5.57 Å². The maximum absolute atomic E-state index is 10.8. The van der Waals surface area contributed by atoms with Crippen molar-refractivity contribution >= 4 is 12.3 Å². The van der Waals surface area contributed by atoms with E-state index >= 15 is 0 Å². The second-order valence-electron chi connectivity index (χ2n) is 4.74. The Labute approximate surface area is 97.8 Å². The third-order valence-corrected chi connectivity index (χ3v) is 1.28. The third kappa shape index (κ3) is 15.3. The first-order chi connectivity index (χ1) is 7.10. The molecule has 0 radical (unpaired) electrons. The van der Waals surface area contributed by atoms with Crippen molar-refractivity contribution in [2.45, 2.75) is 53.2 Å². The molecule has 0 aliphatic carbocycles. The van der Waals surface area contributed by atoms with Gasteiger partial charge in [-0.15, -0.1) is 0 Å². The van der Waals surface area contributed by atoms with Crippen LogP contribution < -0.4 is 5.73 Å². The molecule has 0 saturated carbocycles. The fourth-order valence-corrected chi connectivity index (χ4v) is 0.560. The molecule has 0 aromatic carbocycles. The van der Waals surface area contributed by atoms with Gasteiger partial charge in [0.15, 0.2) is 5.78 Å². The summed E-state index contributed by atoms with van der Waals surface area (Å²) in [5.74, 6) is -0.00463.